The van der Waals surface area contributed by atoms with E-state index in [1.165, 1.54) is 6.08 Å². The lowest BCUT2D eigenvalue weighted by Gasteiger charge is -2.04. The van der Waals surface area contributed by atoms with Gasteiger partial charge in [0.25, 0.3) is 0 Å². The summed E-state index contributed by atoms with van der Waals surface area (Å²) in [6.45, 7) is 4.00. The Labute approximate surface area is 139 Å². The SMILES string of the molecule is Cc1ccc(C)c(/C=C/C(=O)c2ccc(Cl)c(Cl)c2Cl)c1. The summed E-state index contributed by atoms with van der Waals surface area (Å²) in [4.78, 5) is 12.2. The molecule has 0 unspecified atom stereocenters. The molecule has 1 nitrogen and oxygen atoms in total. The summed E-state index contributed by atoms with van der Waals surface area (Å²) in [5.41, 5.74) is 3.58. The zero-order chi connectivity index (χ0) is 15.6. The van der Waals surface area contributed by atoms with Crippen molar-refractivity contribution in [2.24, 2.45) is 0 Å². The maximum Gasteiger partial charge on any atom is 0.187 e. The van der Waals surface area contributed by atoms with Crippen LogP contribution in [0.3, 0.4) is 0 Å². The highest BCUT2D eigenvalue weighted by molar-refractivity contribution is 6.49. The Morgan fingerprint density at radius 3 is 2.43 bits per heavy atom. The fourth-order valence-electron chi connectivity index (χ4n) is 1.91. The molecule has 0 saturated heterocycles. The van der Waals surface area contributed by atoms with Gasteiger partial charge in [-0.2, -0.15) is 0 Å². The molecule has 4 heteroatoms. The Hall–Kier alpha value is -1.28. The molecule has 2 aromatic carbocycles. The highest BCUT2D eigenvalue weighted by Crippen LogP contribution is 2.33. The molecular formula is C17H13Cl3O. The summed E-state index contributed by atoms with van der Waals surface area (Å²) < 4.78 is 0. The molecule has 108 valence electrons. The number of ketones is 1. The quantitative estimate of drug-likeness (QED) is 0.372. The van der Waals surface area contributed by atoms with Crippen LogP contribution in [-0.4, -0.2) is 5.78 Å². The topological polar surface area (TPSA) is 17.1 Å². The zero-order valence-electron chi connectivity index (χ0n) is 11.6. The lowest BCUT2D eigenvalue weighted by molar-refractivity contribution is 0.104. The van der Waals surface area contributed by atoms with Crippen LogP contribution in [0.2, 0.25) is 15.1 Å². The Morgan fingerprint density at radius 1 is 1.00 bits per heavy atom. The summed E-state index contributed by atoms with van der Waals surface area (Å²) in [6.07, 6.45) is 3.27. The van der Waals surface area contributed by atoms with Crippen molar-refractivity contribution in [1.82, 2.24) is 0 Å². The van der Waals surface area contributed by atoms with Gasteiger partial charge in [0, 0.05) is 5.56 Å². The maximum atomic E-state index is 12.2. The minimum Gasteiger partial charge on any atom is -0.289 e. The Kier molecular flexibility index (Phi) is 5.10. The van der Waals surface area contributed by atoms with Gasteiger partial charge in [0.2, 0.25) is 0 Å². The van der Waals surface area contributed by atoms with E-state index in [1.54, 1.807) is 18.2 Å². The van der Waals surface area contributed by atoms with Gasteiger partial charge >= 0.3 is 0 Å². The van der Waals surface area contributed by atoms with E-state index in [9.17, 15) is 4.79 Å². The van der Waals surface area contributed by atoms with E-state index >= 15 is 0 Å². The first-order chi connectivity index (χ1) is 9.90. The minimum atomic E-state index is -0.209. The molecule has 0 bridgehead atoms. The summed E-state index contributed by atoms with van der Waals surface area (Å²) >= 11 is 17.9. The average molecular weight is 340 g/mol. The summed E-state index contributed by atoms with van der Waals surface area (Å²) in [7, 11) is 0. The number of aryl methyl sites for hydroxylation is 2. The summed E-state index contributed by atoms with van der Waals surface area (Å²) in [5, 5.41) is 0.709. The number of benzene rings is 2. The third-order valence-electron chi connectivity index (χ3n) is 3.15. The summed E-state index contributed by atoms with van der Waals surface area (Å²) in [5.74, 6) is -0.209. The highest BCUT2D eigenvalue weighted by Gasteiger charge is 2.13. The maximum absolute atomic E-state index is 12.2. The third-order valence-corrected chi connectivity index (χ3v) is 4.44. The molecule has 0 aliphatic rings. The Bertz CT molecular complexity index is 733. The molecule has 0 spiro atoms. The predicted molar refractivity (Wildman–Crippen MR) is 90.8 cm³/mol. The van der Waals surface area contributed by atoms with E-state index < -0.39 is 0 Å². The van der Waals surface area contributed by atoms with Gasteiger partial charge in [-0.25, -0.2) is 0 Å². The Balaban J connectivity index is 2.32. The minimum absolute atomic E-state index is 0.180. The second-order valence-corrected chi connectivity index (χ2v) is 5.94. The molecule has 0 atom stereocenters. The number of carbonyl (C=O) groups is 1. The molecule has 2 aromatic rings. The molecule has 0 aromatic heterocycles. The second-order valence-electron chi connectivity index (χ2n) is 4.78. The van der Waals surface area contributed by atoms with Crippen LogP contribution in [-0.2, 0) is 0 Å². The molecule has 0 saturated carbocycles. The molecule has 0 fully saturated rings. The van der Waals surface area contributed by atoms with Gasteiger partial charge in [-0.3, -0.25) is 4.79 Å². The van der Waals surface area contributed by atoms with Gasteiger partial charge in [-0.05, 0) is 43.2 Å². The van der Waals surface area contributed by atoms with Crippen LogP contribution >= 0.6 is 34.8 Å². The van der Waals surface area contributed by atoms with Crippen molar-refractivity contribution in [3.8, 4) is 0 Å². The van der Waals surface area contributed by atoms with Crippen molar-refractivity contribution in [3.63, 3.8) is 0 Å². The van der Waals surface area contributed by atoms with Crippen LogP contribution in [0.5, 0.6) is 0 Å². The van der Waals surface area contributed by atoms with Crippen molar-refractivity contribution in [3.05, 3.63) is 73.7 Å². The van der Waals surface area contributed by atoms with Crippen molar-refractivity contribution >= 4 is 46.7 Å². The lowest BCUT2D eigenvalue weighted by atomic mass is 10.0. The third kappa shape index (κ3) is 3.68. The van der Waals surface area contributed by atoms with Gasteiger partial charge in [0.15, 0.2) is 5.78 Å². The van der Waals surface area contributed by atoms with Gasteiger partial charge in [-0.15, -0.1) is 0 Å². The first-order valence-corrected chi connectivity index (χ1v) is 7.46. The van der Waals surface area contributed by atoms with Crippen molar-refractivity contribution in [1.29, 1.82) is 0 Å². The van der Waals surface area contributed by atoms with Crippen LogP contribution in [0.4, 0.5) is 0 Å². The van der Waals surface area contributed by atoms with Crippen molar-refractivity contribution in [2.75, 3.05) is 0 Å². The van der Waals surface area contributed by atoms with E-state index in [2.05, 4.69) is 0 Å². The number of halogens is 3. The van der Waals surface area contributed by atoms with Gasteiger partial charge in [0.1, 0.15) is 0 Å². The van der Waals surface area contributed by atoms with Crippen LogP contribution in [0.25, 0.3) is 6.08 Å². The largest absolute Gasteiger partial charge is 0.289 e. The monoisotopic (exact) mass is 338 g/mol. The van der Waals surface area contributed by atoms with Crippen LogP contribution in [0.1, 0.15) is 27.0 Å². The average Bonchev–Trinajstić information content (AvgIpc) is 2.45. The predicted octanol–water partition coefficient (Wildman–Crippen LogP) is 6.16. The number of carbonyl (C=O) groups excluding carboxylic acids is 1. The van der Waals surface area contributed by atoms with E-state index in [0.717, 1.165) is 16.7 Å². The van der Waals surface area contributed by atoms with Crippen LogP contribution in [0.15, 0.2) is 36.4 Å². The highest BCUT2D eigenvalue weighted by atomic mass is 35.5. The first-order valence-electron chi connectivity index (χ1n) is 6.33. The van der Waals surface area contributed by atoms with Crippen LogP contribution in [0, 0.1) is 13.8 Å². The van der Waals surface area contributed by atoms with Crippen molar-refractivity contribution < 1.29 is 4.79 Å². The van der Waals surface area contributed by atoms with E-state index in [4.69, 9.17) is 34.8 Å². The number of rotatable bonds is 3. The normalized spacial score (nSPS) is 11.1. The molecule has 0 aliphatic carbocycles. The second kappa shape index (κ2) is 6.65. The molecule has 21 heavy (non-hydrogen) atoms. The molecule has 0 N–H and O–H groups in total. The standard InChI is InChI=1S/C17H13Cl3O/c1-10-3-4-11(2)12(9-10)5-8-15(21)13-6-7-14(18)17(20)16(13)19/h3-9H,1-2H3/b8-5+. The number of hydrogen-bond acceptors (Lipinski definition) is 1. The molecule has 0 amide bonds. The van der Waals surface area contributed by atoms with E-state index in [-0.39, 0.29) is 15.8 Å². The molecular weight excluding hydrogens is 327 g/mol. The van der Waals surface area contributed by atoms with E-state index in [1.807, 2.05) is 32.0 Å². The first kappa shape index (κ1) is 16.1. The summed E-state index contributed by atoms with van der Waals surface area (Å²) in [6, 6.07) is 9.21. The van der Waals surface area contributed by atoms with Crippen molar-refractivity contribution in [2.45, 2.75) is 13.8 Å². The molecule has 0 aliphatic heterocycles. The smallest absolute Gasteiger partial charge is 0.187 e. The number of hydrogen-bond donors (Lipinski definition) is 0. The fraction of sp³-hybridized carbons (Fsp3) is 0.118. The molecule has 2 rings (SSSR count). The fourth-order valence-corrected chi connectivity index (χ4v) is 2.54. The van der Waals surface area contributed by atoms with Gasteiger partial charge < -0.3 is 0 Å². The lowest BCUT2D eigenvalue weighted by Crippen LogP contribution is -1.96. The zero-order valence-corrected chi connectivity index (χ0v) is 13.9. The van der Waals surface area contributed by atoms with Gasteiger partial charge in [0.05, 0.1) is 15.1 Å². The molecule has 0 heterocycles. The van der Waals surface area contributed by atoms with E-state index in [0.29, 0.717) is 10.6 Å². The Morgan fingerprint density at radius 2 is 1.71 bits per heavy atom. The molecule has 0 radical (unpaired) electrons. The van der Waals surface area contributed by atoms with Gasteiger partial charge in [-0.1, -0.05) is 64.6 Å². The number of allylic oxidation sites excluding steroid dienone is 1. The van der Waals surface area contributed by atoms with Crippen LogP contribution < -0.4 is 0 Å².